The van der Waals surface area contributed by atoms with E-state index in [9.17, 15) is 18.0 Å². The third-order valence-corrected chi connectivity index (χ3v) is 5.91. The highest BCUT2D eigenvalue weighted by Gasteiger charge is 2.35. The van der Waals surface area contributed by atoms with Gasteiger partial charge in [0.05, 0.1) is 11.8 Å². The number of halogens is 3. The fourth-order valence-corrected chi connectivity index (χ4v) is 4.45. The number of anilines is 1. The maximum absolute atomic E-state index is 12.9. The van der Waals surface area contributed by atoms with Crippen LogP contribution in [0.5, 0.6) is 0 Å². The SMILES string of the molecule is CCN1c2cc(C)c(/C=N\NC(=O)c3cccc(C(F)(F)F)c3)cc2C(C)CC1(C)C. The minimum atomic E-state index is -4.50. The van der Waals surface area contributed by atoms with E-state index in [0.717, 1.165) is 36.2 Å². The summed E-state index contributed by atoms with van der Waals surface area (Å²) in [5.74, 6) is -0.314. The predicted octanol–water partition coefficient (Wildman–Crippen LogP) is 5.89. The van der Waals surface area contributed by atoms with Gasteiger partial charge in [0.2, 0.25) is 0 Å². The Hall–Kier alpha value is -2.83. The number of nitrogens with one attached hydrogen (secondary N) is 1. The maximum Gasteiger partial charge on any atom is 0.416 e. The molecule has 0 aromatic heterocycles. The van der Waals surface area contributed by atoms with Crippen molar-refractivity contribution in [2.24, 2.45) is 5.10 Å². The zero-order chi connectivity index (χ0) is 23.0. The molecule has 1 unspecified atom stereocenters. The van der Waals surface area contributed by atoms with E-state index < -0.39 is 17.6 Å². The Bertz CT molecular complexity index is 1010. The maximum atomic E-state index is 12.9. The molecule has 2 aromatic rings. The lowest BCUT2D eigenvalue weighted by Gasteiger charge is -2.47. The zero-order valence-electron chi connectivity index (χ0n) is 18.5. The largest absolute Gasteiger partial charge is 0.416 e. The molecule has 31 heavy (non-hydrogen) atoms. The molecule has 1 heterocycles. The molecule has 0 fully saturated rings. The molecule has 4 nitrogen and oxygen atoms in total. The number of carbonyl (C=O) groups excluding carboxylic acids is 1. The van der Waals surface area contributed by atoms with Crippen LogP contribution in [0.4, 0.5) is 18.9 Å². The van der Waals surface area contributed by atoms with E-state index in [1.165, 1.54) is 23.4 Å². The molecule has 0 spiro atoms. The van der Waals surface area contributed by atoms with Crippen molar-refractivity contribution in [2.75, 3.05) is 11.4 Å². The number of nitrogens with zero attached hydrogens (tertiary/aromatic N) is 2. The van der Waals surface area contributed by atoms with Gasteiger partial charge in [-0.1, -0.05) is 13.0 Å². The lowest BCUT2D eigenvalue weighted by Crippen LogP contribution is -2.48. The quantitative estimate of drug-likeness (QED) is 0.485. The third kappa shape index (κ3) is 4.75. The van der Waals surface area contributed by atoms with Gasteiger partial charge in [-0.2, -0.15) is 18.3 Å². The molecule has 0 saturated carbocycles. The molecule has 7 heteroatoms. The minimum Gasteiger partial charge on any atom is -0.366 e. The van der Waals surface area contributed by atoms with Gasteiger partial charge in [-0.15, -0.1) is 0 Å². The fraction of sp³-hybridized carbons (Fsp3) is 0.417. The van der Waals surface area contributed by atoms with Crippen molar-refractivity contribution < 1.29 is 18.0 Å². The Morgan fingerprint density at radius 3 is 2.65 bits per heavy atom. The molecule has 2 aromatic carbocycles. The highest BCUT2D eigenvalue weighted by atomic mass is 19.4. The van der Waals surface area contributed by atoms with Crippen LogP contribution < -0.4 is 10.3 Å². The first-order chi connectivity index (χ1) is 14.4. The van der Waals surface area contributed by atoms with Gasteiger partial charge in [0.15, 0.2) is 0 Å². The topological polar surface area (TPSA) is 44.7 Å². The predicted molar refractivity (Wildman–Crippen MR) is 118 cm³/mol. The highest BCUT2D eigenvalue weighted by molar-refractivity contribution is 5.95. The van der Waals surface area contributed by atoms with E-state index in [0.29, 0.717) is 5.92 Å². The fourth-order valence-electron chi connectivity index (χ4n) is 4.45. The Morgan fingerprint density at radius 2 is 2.00 bits per heavy atom. The lowest BCUT2D eigenvalue weighted by atomic mass is 9.79. The standard InChI is InChI=1S/C24H28F3N3O/c1-6-30-21-10-15(2)18(12-20(21)16(3)13-23(30,4)5)14-28-29-22(31)17-8-7-9-19(11-17)24(25,26)27/h7-12,14,16H,6,13H2,1-5H3,(H,29,31)/b28-14-. The number of alkyl halides is 3. The number of amides is 1. The molecule has 1 atom stereocenters. The first kappa shape index (κ1) is 22.8. The van der Waals surface area contributed by atoms with Gasteiger partial charge in [-0.25, -0.2) is 5.43 Å². The van der Waals surface area contributed by atoms with Crippen LogP contribution in [0.2, 0.25) is 0 Å². The zero-order valence-corrected chi connectivity index (χ0v) is 18.5. The molecular weight excluding hydrogens is 403 g/mol. The number of hydrogen-bond donors (Lipinski definition) is 1. The van der Waals surface area contributed by atoms with Crippen LogP contribution >= 0.6 is 0 Å². The number of fused-ring (bicyclic) bond motifs is 1. The van der Waals surface area contributed by atoms with Gasteiger partial charge in [0, 0.05) is 23.3 Å². The van der Waals surface area contributed by atoms with Crippen molar-refractivity contribution in [1.29, 1.82) is 0 Å². The van der Waals surface area contributed by atoms with E-state index in [-0.39, 0.29) is 11.1 Å². The van der Waals surface area contributed by atoms with Crippen molar-refractivity contribution in [2.45, 2.75) is 58.7 Å². The summed E-state index contributed by atoms with van der Waals surface area (Å²) in [5.41, 5.74) is 5.77. The summed E-state index contributed by atoms with van der Waals surface area (Å²) < 4.78 is 38.6. The van der Waals surface area contributed by atoms with E-state index in [1.54, 1.807) is 6.21 Å². The van der Waals surface area contributed by atoms with E-state index in [1.807, 2.05) is 6.92 Å². The Kier molecular flexibility index (Phi) is 6.16. The second kappa shape index (κ2) is 8.36. The third-order valence-electron chi connectivity index (χ3n) is 5.91. The summed E-state index contributed by atoms with van der Waals surface area (Å²) in [7, 11) is 0. The second-order valence-corrected chi connectivity index (χ2v) is 8.71. The van der Waals surface area contributed by atoms with Crippen LogP contribution in [0.15, 0.2) is 41.5 Å². The summed E-state index contributed by atoms with van der Waals surface area (Å²) in [5, 5.41) is 3.99. The second-order valence-electron chi connectivity index (χ2n) is 8.71. The molecule has 3 rings (SSSR count). The first-order valence-corrected chi connectivity index (χ1v) is 10.4. The van der Waals surface area contributed by atoms with Gasteiger partial charge in [-0.05, 0) is 87.1 Å². The molecule has 1 amide bonds. The number of rotatable bonds is 4. The van der Waals surface area contributed by atoms with Crippen molar-refractivity contribution in [3.8, 4) is 0 Å². The summed E-state index contributed by atoms with van der Waals surface area (Å²) in [6.45, 7) is 11.8. The average Bonchev–Trinajstić information content (AvgIpc) is 2.68. The smallest absolute Gasteiger partial charge is 0.366 e. The minimum absolute atomic E-state index is 0.0716. The molecular formula is C24H28F3N3O. The van der Waals surface area contributed by atoms with Crippen molar-refractivity contribution in [1.82, 2.24) is 5.43 Å². The molecule has 1 aliphatic heterocycles. The van der Waals surface area contributed by atoms with Crippen LogP contribution in [-0.2, 0) is 6.18 Å². The number of aryl methyl sites for hydroxylation is 1. The molecule has 0 bridgehead atoms. The highest BCUT2D eigenvalue weighted by Crippen LogP contribution is 2.44. The van der Waals surface area contributed by atoms with Crippen molar-refractivity contribution in [3.63, 3.8) is 0 Å². The molecule has 0 saturated heterocycles. The summed E-state index contributed by atoms with van der Waals surface area (Å²) in [4.78, 5) is 14.6. The lowest BCUT2D eigenvalue weighted by molar-refractivity contribution is -0.137. The molecule has 1 aliphatic rings. The molecule has 1 N–H and O–H groups in total. The van der Waals surface area contributed by atoms with Gasteiger partial charge < -0.3 is 4.90 Å². The molecule has 0 radical (unpaired) electrons. The van der Waals surface area contributed by atoms with Crippen LogP contribution in [0.1, 0.15) is 72.6 Å². The first-order valence-electron chi connectivity index (χ1n) is 10.4. The van der Waals surface area contributed by atoms with Crippen molar-refractivity contribution >= 4 is 17.8 Å². The molecule has 166 valence electrons. The van der Waals surface area contributed by atoms with Gasteiger partial charge in [-0.3, -0.25) is 4.79 Å². The van der Waals surface area contributed by atoms with Gasteiger partial charge in [0.1, 0.15) is 0 Å². The van der Waals surface area contributed by atoms with E-state index in [2.05, 4.69) is 55.3 Å². The van der Waals surface area contributed by atoms with Gasteiger partial charge in [0.25, 0.3) is 5.91 Å². The summed E-state index contributed by atoms with van der Waals surface area (Å²) in [6.07, 6.45) is -1.93. The van der Waals surface area contributed by atoms with E-state index in [4.69, 9.17) is 0 Å². The van der Waals surface area contributed by atoms with Crippen LogP contribution in [0.3, 0.4) is 0 Å². The average molecular weight is 432 g/mol. The Balaban J connectivity index is 1.81. The number of carbonyl (C=O) groups is 1. The Morgan fingerprint density at radius 1 is 1.29 bits per heavy atom. The van der Waals surface area contributed by atoms with E-state index >= 15 is 0 Å². The van der Waals surface area contributed by atoms with Crippen LogP contribution in [-0.4, -0.2) is 24.2 Å². The normalized spacial score (nSPS) is 18.2. The number of hydrogen-bond acceptors (Lipinski definition) is 3. The van der Waals surface area contributed by atoms with Crippen LogP contribution in [0, 0.1) is 6.92 Å². The summed E-state index contributed by atoms with van der Waals surface area (Å²) >= 11 is 0. The number of hydrazone groups is 1. The molecule has 0 aliphatic carbocycles. The number of benzene rings is 2. The van der Waals surface area contributed by atoms with Gasteiger partial charge >= 0.3 is 6.18 Å². The van der Waals surface area contributed by atoms with Crippen LogP contribution in [0.25, 0.3) is 0 Å². The van der Waals surface area contributed by atoms with Crippen molar-refractivity contribution in [3.05, 3.63) is 64.2 Å². The Labute approximate surface area is 181 Å². The monoisotopic (exact) mass is 431 g/mol. The summed E-state index contributed by atoms with van der Waals surface area (Å²) in [6, 6.07) is 8.51.